The molecule has 1 saturated heterocycles. The molecule has 0 bridgehead atoms. The number of aliphatic hydroxyl groups excluding tert-OH is 1. The van der Waals surface area contributed by atoms with Crippen molar-refractivity contribution in [2.45, 2.75) is 33.3 Å². The topological polar surface area (TPSA) is 105 Å². The number of nitro groups is 1. The zero-order valence-electron chi connectivity index (χ0n) is 18.6. The maximum absolute atomic E-state index is 12.5. The molecule has 1 heterocycles. The van der Waals surface area contributed by atoms with E-state index in [1.165, 1.54) is 11.0 Å². The molecule has 9 nitrogen and oxygen atoms in total. The second kappa shape index (κ2) is 9.17. The van der Waals surface area contributed by atoms with E-state index < -0.39 is 16.6 Å². The first-order valence-corrected chi connectivity index (χ1v) is 10.2. The van der Waals surface area contributed by atoms with Crippen molar-refractivity contribution in [3.8, 4) is 11.5 Å². The lowest BCUT2D eigenvalue weighted by molar-refractivity contribution is -0.384. The maximum Gasteiger partial charge on any atom is 0.414 e. The van der Waals surface area contributed by atoms with E-state index in [0.29, 0.717) is 29.3 Å². The minimum Gasteiger partial charge on any atom is -0.514 e. The monoisotopic (exact) mass is 441 g/mol. The van der Waals surface area contributed by atoms with E-state index >= 15 is 0 Å². The number of hydrogen-bond donors (Lipinski definition) is 1. The molecule has 1 fully saturated rings. The van der Waals surface area contributed by atoms with Gasteiger partial charge in [0.15, 0.2) is 0 Å². The van der Waals surface area contributed by atoms with Crippen LogP contribution in [0.5, 0.6) is 11.5 Å². The number of ether oxygens (including phenoxy) is 2. The van der Waals surface area contributed by atoms with Crippen LogP contribution in [0, 0.1) is 17.0 Å². The number of para-hydroxylation sites is 1. The summed E-state index contributed by atoms with van der Waals surface area (Å²) < 4.78 is 11.4. The van der Waals surface area contributed by atoms with Gasteiger partial charge in [0.25, 0.3) is 5.69 Å². The zero-order valence-corrected chi connectivity index (χ0v) is 18.6. The Balaban J connectivity index is 1.92. The Morgan fingerprint density at radius 3 is 2.44 bits per heavy atom. The summed E-state index contributed by atoms with van der Waals surface area (Å²) in [5.74, 6) is 1.10. The van der Waals surface area contributed by atoms with Crippen LogP contribution in [0.25, 0.3) is 0 Å². The van der Waals surface area contributed by atoms with E-state index in [2.05, 4.69) is 0 Å². The first-order chi connectivity index (χ1) is 15.1. The van der Waals surface area contributed by atoms with E-state index in [-0.39, 0.29) is 24.5 Å². The van der Waals surface area contributed by atoms with E-state index in [4.69, 9.17) is 9.47 Å². The van der Waals surface area contributed by atoms with Crippen LogP contribution in [0.4, 0.5) is 16.2 Å². The average Bonchev–Trinajstić information content (AvgIpc) is 2.74. The number of amides is 1. The maximum atomic E-state index is 12.5. The van der Waals surface area contributed by atoms with Gasteiger partial charge in [0, 0.05) is 24.7 Å². The summed E-state index contributed by atoms with van der Waals surface area (Å²) in [6, 6.07) is 12.1. The summed E-state index contributed by atoms with van der Waals surface area (Å²) in [5.41, 5.74) is 0.491. The van der Waals surface area contributed by atoms with Gasteiger partial charge in [-0.3, -0.25) is 15.0 Å². The Labute approximate surface area is 186 Å². The summed E-state index contributed by atoms with van der Waals surface area (Å²) in [6.45, 7) is 7.63. The molecule has 0 spiro atoms. The molecule has 0 radical (unpaired) electrons. The molecule has 0 aromatic heterocycles. The minimum absolute atomic E-state index is 0.0779. The summed E-state index contributed by atoms with van der Waals surface area (Å²) in [5, 5.41) is 21.5. The number of benzene rings is 2. The van der Waals surface area contributed by atoms with Crippen LogP contribution >= 0.6 is 0 Å². The molecule has 1 aliphatic rings. The van der Waals surface area contributed by atoms with Crippen LogP contribution < -0.4 is 9.64 Å². The number of rotatable bonds is 4. The molecule has 170 valence electrons. The van der Waals surface area contributed by atoms with Crippen molar-refractivity contribution in [2.24, 2.45) is 0 Å². The molecule has 1 N–H and O–H groups in total. The summed E-state index contributed by atoms with van der Waals surface area (Å²) in [7, 11) is 0. The molecule has 1 amide bonds. The first-order valence-electron chi connectivity index (χ1n) is 10.2. The standard InChI is InChI=1S/C23H27N3O6/c1-16-20(31-18-8-6-5-7-9-18)11-10-19(26(29)30)21(16)24-12-13-25(17(14-24)15-27)22(28)32-23(2,3)4/h5-11,15,27H,12-14H2,1-4H3/b17-15+. The van der Waals surface area contributed by atoms with Crippen LogP contribution in [-0.2, 0) is 4.74 Å². The number of hydrogen-bond acceptors (Lipinski definition) is 7. The highest BCUT2D eigenvalue weighted by molar-refractivity contribution is 5.75. The van der Waals surface area contributed by atoms with Crippen molar-refractivity contribution in [3.63, 3.8) is 0 Å². The molecule has 0 unspecified atom stereocenters. The van der Waals surface area contributed by atoms with Gasteiger partial charge in [-0.25, -0.2) is 4.79 Å². The summed E-state index contributed by atoms with van der Waals surface area (Å²) in [6.07, 6.45) is 0.256. The molecular formula is C23H27N3O6. The second-order valence-electron chi connectivity index (χ2n) is 8.40. The predicted octanol–water partition coefficient (Wildman–Crippen LogP) is 5.15. The number of nitro benzene ring substituents is 1. The van der Waals surface area contributed by atoms with Crippen molar-refractivity contribution in [2.75, 3.05) is 24.5 Å². The molecular weight excluding hydrogens is 414 g/mol. The Hall–Kier alpha value is -3.75. The molecule has 32 heavy (non-hydrogen) atoms. The van der Waals surface area contributed by atoms with Gasteiger partial charge >= 0.3 is 6.09 Å². The Bertz CT molecular complexity index is 1030. The summed E-state index contributed by atoms with van der Waals surface area (Å²) >= 11 is 0. The van der Waals surface area contributed by atoms with E-state index in [1.54, 1.807) is 50.8 Å². The largest absolute Gasteiger partial charge is 0.514 e. The molecule has 2 aromatic rings. The smallest absolute Gasteiger partial charge is 0.414 e. The van der Waals surface area contributed by atoms with Crippen molar-refractivity contribution in [3.05, 3.63) is 70.1 Å². The third-order valence-electron chi connectivity index (χ3n) is 4.90. The number of nitrogens with zero attached hydrogens (tertiary/aromatic N) is 3. The third-order valence-corrected chi connectivity index (χ3v) is 4.90. The van der Waals surface area contributed by atoms with Crippen LogP contribution in [0.2, 0.25) is 0 Å². The number of carbonyl (C=O) groups is 1. The van der Waals surface area contributed by atoms with Gasteiger partial charge in [-0.15, -0.1) is 0 Å². The van der Waals surface area contributed by atoms with E-state index in [1.807, 2.05) is 18.2 Å². The van der Waals surface area contributed by atoms with Gasteiger partial charge in [0.05, 0.1) is 17.2 Å². The van der Waals surface area contributed by atoms with Gasteiger partial charge in [-0.05, 0) is 45.9 Å². The minimum atomic E-state index is -0.687. The van der Waals surface area contributed by atoms with Crippen molar-refractivity contribution in [1.82, 2.24) is 4.90 Å². The highest BCUT2D eigenvalue weighted by atomic mass is 16.6. The second-order valence-corrected chi connectivity index (χ2v) is 8.40. The van der Waals surface area contributed by atoms with E-state index in [9.17, 15) is 20.0 Å². The normalized spacial score (nSPS) is 15.6. The molecule has 1 aliphatic heterocycles. The van der Waals surface area contributed by atoms with Gasteiger partial charge in [-0.1, -0.05) is 18.2 Å². The number of anilines is 1. The van der Waals surface area contributed by atoms with E-state index in [0.717, 1.165) is 6.26 Å². The Morgan fingerprint density at radius 1 is 1.16 bits per heavy atom. The fourth-order valence-electron chi connectivity index (χ4n) is 3.49. The molecule has 0 aliphatic carbocycles. The van der Waals surface area contributed by atoms with Crippen LogP contribution in [-0.4, -0.2) is 46.3 Å². The van der Waals surface area contributed by atoms with Crippen molar-refractivity contribution >= 4 is 17.5 Å². The summed E-state index contributed by atoms with van der Waals surface area (Å²) in [4.78, 5) is 26.9. The third kappa shape index (κ3) is 5.11. The zero-order chi connectivity index (χ0) is 23.5. The molecule has 3 rings (SSSR count). The number of carbonyl (C=O) groups excluding carboxylic acids is 1. The molecule has 0 atom stereocenters. The van der Waals surface area contributed by atoms with Gasteiger partial charge < -0.3 is 19.5 Å². The van der Waals surface area contributed by atoms with Crippen molar-refractivity contribution < 1.29 is 24.3 Å². The van der Waals surface area contributed by atoms with Crippen LogP contribution in [0.3, 0.4) is 0 Å². The fraction of sp³-hybridized carbons (Fsp3) is 0.348. The van der Waals surface area contributed by atoms with Crippen molar-refractivity contribution in [1.29, 1.82) is 0 Å². The van der Waals surface area contributed by atoms with Gasteiger partial charge in [0.2, 0.25) is 0 Å². The molecule has 9 heteroatoms. The number of piperazine rings is 1. The lowest BCUT2D eigenvalue weighted by Crippen LogP contribution is -2.49. The fourth-order valence-corrected chi connectivity index (χ4v) is 3.49. The van der Waals surface area contributed by atoms with Gasteiger partial charge in [-0.2, -0.15) is 0 Å². The molecule has 0 saturated carbocycles. The predicted molar refractivity (Wildman–Crippen MR) is 120 cm³/mol. The highest BCUT2D eigenvalue weighted by Crippen LogP contribution is 2.40. The lowest BCUT2D eigenvalue weighted by Gasteiger charge is -2.38. The first kappa shape index (κ1) is 22.9. The lowest BCUT2D eigenvalue weighted by atomic mass is 10.1. The highest BCUT2D eigenvalue weighted by Gasteiger charge is 2.33. The van der Waals surface area contributed by atoms with Gasteiger partial charge in [0.1, 0.15) is 29.0 Å². The number of aliphatic hydroxyl groups is 1. The Morgan fingerprint density at radius 2 is 1.84 bits per heavy atom. The SMILES string of the molecule is Cc1c(Oc2ccccc2)ccc([N+](=O)[O-])c1N1CCN(C(=O)OC(C)(C)C)/C(=C/O)C1. The van der Waals surface area contributed by atoms with Crippen LogP contribution in [0.15, 0.2) is 54.4 Å². The average molecular weight is 441 g/mol. The van der Waals surface area contributed by atoms with Crippen LogP contribution in [0.1, 0.15) is 26.3 Å². The molecule has 2 aromatic carbocycles. The quantitative estimate of drug-likeness (QED) is 0.397. The Kier molecular flexibility index (Phi) is 6.57.